The van der Waals surface area contributed by atoms with Gasteiger partial charge in [0, 0.05) is 7.11 Å². The summed E-state index contributed by atoms with van der Waals surface area (Å²) >= 11 is 0. The van der Waals surface area contributed by atoms with Crippen molar-refractivity contribution in [2.45, 2.75) is 38.8 Å². The van der Waals surface area contributed by atoms with Crippen molar-refractivity contribution in [2.75, 3.05) is 13.7 Å². The molecule has 0 spiro atoms. The van der Waals surface area contributed by atoms with Crippen molar-refractivity contribution in [1.82, 2.24) is 10.2 Å². The van der Waals surface area contributed by atoms with Crippen molar-refractivity contribution in [3.8, 4) is 0 Å². The van der Waals surface area contributed by atoms with Crippen LogP contribution in [0.4, 0.5) is 0 Å². The molecule has 0 aromatic rings. The molecule has 0 aromatic carbocycles. The Morgan fingerprint density at radius 2 is 2.12 bits per heavy atom. The van der Waals surface area contributed by atoms with Gasteiger partial charge in [0.25, 0.3) is 5.91 Å². The van der Waals surface area contributed by atoms with Crippen molar-refractivity contribution < 1.29 is 19.1 Å². The van der Waals surface area contributed by atoms with E-state index < -0.39 is 23.5 Å². The van der Waals surface area contributed by atoms with Gasteiger partial charge in [0.2, 0.25) is 11.8 Å². The molecule has 0 saturated carbocycles. The number of nitrogens with zero attached hydrogens (tertiary/aromatic N) is 1. The first kappa shape index (κ1) is 13.6. The van der Waals surface area contributed by atoms with Crippen LogP contribution in [0.15, 0.2) is 0 Å². The van der Waals surface area contributed by atoms with Crippen molar-refractivity contribution >= 4 is 17.7 Å². The summed E-state index contributed by atoms with van der Waals surface area (Å²) in [6.45, 7) is 4.91. The average molecular weight is 242 g/mol. The van der Waals surface area contributed by atoms with Gasteiger partial charge in [-0.25, -0.2) is 0 Å². The highest BCUT2D eigenvalue weighted by Crippen LogP contribution is 2.18. The van der Waals surface area contributed by atoms with Crippen molar-refractivity contribution in [2.24, 2.45) is 0 Å². The molecule has 0 aromatic heterocycles. The number of hydrogen-bond acceptors (Lipinski definition) is 4. The molecule has 1 N–H and O–H groups in total. The molecule has 0 bridgehead atoms. The minimum atomic E-state index is -1.04. The fourth-order valence-electron chi connectivity index (χ4n) is 1.72. The van der Waals surface area contributed by atoms with Gasteiger partial charge in [-0.1, -0.05) is 6.92 Å². The highest BCUT2D eigenvalue weighted by Gasteiger charge is 2.41. The van der Waals surface area contributed by atoms with Gasteiger partial charge >= 0.3 is 0 Å². The fourth-order valence-corrected chi connectivity index (χ4v) is 1.72. The Morgan fingerprint density at radius 1 is 1.53 bits per heavy atom. The summed E-state index contributed by atoms with van der Waals surface area (Å²) in [7, 11) is 1.42. The van der Waals surface area contributed by atoms with Gasteiger partial charge in [0.15, 0.2) is 0 Å². The number of hydrogen-bond donors (Lipinski definition) is 1. The Bertz CT molecular complexity index is 351. The summed E-state index contributed by atoms with van der Waals surface area (Å²) in [6.07, 6.45) is 0.463. The first-order valence-electron chi connectivity index (χ1n) is 5.53. The molecule has 1 saturated heterocycles. The van der Waals surface area contributed by atoms with Crippen LogP contribution in [-0.4, -0.2) is 47.9 Å². The van der Waals surface area contributed by atoms with Gasteiger partial charge in [-0.05, 0) is 20.3 Å². The van der Waals surface area contributed by atoms with Gasteiger partial charge in [-0.3, -0.25) is 19.7 Å². The Balaban J connectivity index is 2.96. The first-order valence-corrected chi connectivity index (χ1v) is 5.53. The number of carbonyl (C=O) groups excluding carboxylic acids is 3. The van der Waals surface area contributed by atoms with Crippen LogP contribution >= 0.6 is 0 Å². The second-order valence-corrected chi connectivity index (χ2v) is 4.48. The van der Waals surface area contributed by atoms with Gasteiger partial charge in [-0.15, -0.1) is 0 Å². The molecular weight excluding hydrogens is 224 g/mol. The molecule has 1 aliphatic heterocycles. The minimum Gasteiger partial charge on any atom is -0.369 e. The summed E-state index contributed by atoms with van der Waals surface area (Å²) in [5.41, 5.74) is -1.04. The average Bonchev–Trinajstić information content (AvgIpc) is 2.27. The Hall–Kier alpha value is -1.43. The third-order valence-electron chi connectivity index (χ3n) is 2.93. The molecule has 1 unspecified atom stereocenters. The Morgan fingerprint density at radius 3 is 2.59 bits per heavy atom. The quantitative estimate of drug-likeness (QED) is 0.688. The zero-order valence-electron chi connectivity index (χ0n) is 10.6. The molecule has 6 nitrogen and oxygen atoms in total. The molecule has 1 fully saturated rings. The second-order valence-electron chi connectivity index (χ2n) is 4.48. The lowest BCUT2D eigenvalue weighted by Gasteiger charge is -2.37. The van der Waals surface area contributed by atoms with E-state index in [4.69, 9.17) is 4.74 Å². The molecule has 1 heterocycles. The lowest BCUT2D eigenvalue weighted by Crippen LogP contribution is -2.63. The molecular formula is C11H18N2O4. The number of methoxy groups -OCH3 is 1. The van der Waals surface area contributed by atoms with Crippen molar-refractivity contribution in [3.63, 3.8) is 0 Å². The molecule has 3 amide bonds. The van der Waals surface area contributed by atoms with Crippen LogP contribution in [0.5, 0.6) is 0 Å². The molecule has 6 heteroatoms. The lowest BCUT2D eigenvalue weighted by atomic mass is 10.0. The van der Waals surface area contributed by atoms with Gasteiger partial charge in [0.05, 0.1) is 0 Å². The van der Waals surface area contributed by atoms with Gasteiger partial charge in [0.1, 0.15) is 18.2 Å². The SMILES string of the molecule is CCC1C(=O)NC(=O)CN1C(=O)C(C)(C)OC. The van der Waals surface area contributed by atoms with Crippen molar-refractivity contribution in [3.05, 3.63) is 0 Å². The summed E-state index contributed by atoms with van der Waals surface area (Å²) in [6, 6.07) is -0.602. The van der Waals surface area contributed by atoms with Crippen LogP contribution < -0.4 is 5.32 Å². The van der Waals surface area contributed by atoms with E-state index in [0.29, 0.717) is 6.42 Å². The number of carbonyl (C=O) groups is 3. The third kappa shape index (κ3) is 2.63. The largest absolute Gasteiger partial charge is 0.369 e. The number of amides is 3. The smallest absolute Gasteiger partial charge is 0.255 e. The maximum atomic E-state index is 12.2. The Labute approximate surface area is 100 Å². The second kappa shape index (κ2) is 4.83. The monoisotopic (exact) mass is 242 g/mol. The highest BCUT2D eigenvalue weighted by atomic mass is 16.5. The van der Waals surface area contributed by atoms with Gasteiger partial charge in [-0.2, -0.15) is 0 Å². The van der Waals surface area contributed by atoms with E-state index in [1.54, 1.807) is 20.8 Å². The third-order valence-corrected chi connectivity index (χ3v) is 2.93. The molecule has 1 rings (SSSR count). The first-order chi connectivity index (χ1) is 7.83. The lowest BCUT2D eigenvalue weighted by molar-refractivity contribution is -0.161. The molecule has 0 radical (unpaired) electrons. The minimum absolute atomic E-state index is 0.101. The van der Waals surface area contributed by atoms with Crippen LogP contribution in [0.25, 0.3) is 0 Å². The normalized spacial score (nSPS) is 21.4. The van der Waals surface area contributed by atoms with Crippen LogP contribution in [0.2, 0.25) is 0 Å². The zero-order chi connectivity index (χ0) is 13.2. The molecule has 17 heavy (non-hydrogen) atoms. The van der Waals surface area contributed by atoms with Crippen LogP contribution in [0, 0.1) is 0 Å². The van der Waals surface area contributed by atoms with E-state index in [0.717, 1.165) is 0 Å². The molecule has 96 valence electrons. The van der Waals surface area contributed by atoms with E-state index in [2.05, 4.69) is 5.32 Å². The van der Waals surface area contributed by atoms with E-state index >= 15 is 0 Å². The summed E-state index contributed by atoms with van der Waals surface area (Å²) in [5.74, 6) is -1.24. The van der Waals surface area contributed by atoms with Crippen LogP contribution in [-0.2, 0) is 19.1 Å². The topological polar surface area (TPSA) is 75.7 Å². The molecule has 1 atom stereocenters. The molecule has 0 aliphatic carbocycles. The maximum absolute atomic E-state index is 12.2. The van der Waals surface area contributed by atoms with E-state index in [-0.39, 0.29) is 12.5 Å². The predicted octanol–water partition coefficient (Wildman–Crippen LogP) is -0.325. The highest BCUT2D eigenvalue weighted by molar-refractivity contribution is 6.05. The summed E-state index contributed by atoms with van der Waals surface area (Å²) in [4.78, 5) is 36.4. The van der Waals surface area contributed by atoms with E-state index in [9.17, 15) is 14.4 Å². The van der Waals surface area contributed by atoms with E-state index in [1.807, 2.05) is 0 Å². The number of nitrogens with one attached hydrogen (secondary N) is 1. The summed E-state index contributed by atoms with van der Waals surface area (Å²) in [5, 5.41) is 2.22. The van der Waals surface area contributed by atoms with Crippen LogP contribution in [0.3, 0.4) is 0 Å². The fraction of sp³-hybridized carbons (Fsp3) is 0.727. The number of piperazine rings is 1. The maximum Gasteiger partial charge on any atom is 0.255 e. The standard InChI is InChI=1S/C11H18N2O4/c1-5-7-9(15)12-8(14)6-13(7)10(16)11(2,3)17-4/h7H,5-6H2,1-4H3,(H,12,14,15). The zero-order valence-corrected chi connectivity index (χ0v) is 10.6. The van der Waals surface area contributed by atoms with Crippen LogP contribution in [0.1, 0.15) is 27.2 Å². The van der Waals surface area contributed by atoms with Gasteiger partial charge < -0.3 is 9.64 Å². The number of ether oxygens (including phenoxy) is 1. The van der Waals surface area contributed by atoms with Crippen molar-refractivity contribution in [1.29, 1.82) is 0 Å². The number of rotatable bonds is 3. The number of imide groups is 1. The Kier molecular flexibility index (Phi) is 3.87. The summed E-state index contributed by atoms with van der Waals surface area (Å²) < 4.78 is 5.08. The predicted molar refractivity (Wildman–Crippen MR) is 60.0 cm³/mol. The molecule has 1 aliphatic rings. The van der Waals surface area contributed by atoms with E-state index in [1.165, 1.54) is 12.0 Å².